The second kappa shape index (κ2) is 4.86. The summed E-state index contributed by atoms with van der Waals surface area (Å²) in [7, 11) is 0. The molecule has 2 amide bonds. The molecule has 2 aliphatic heterocycles. The molecular weight excluding hydrogens is 264 g/mol. The van der Waals surface area contributed by atoms with Crippen LogP contribution < -0.4 is 5.32 Å². The minimum Gasteiger partial charge on any atom is -0.385 e. The van der Waals surface area contributed by atoms with Gasteiger partial charge in [0.2, 0.25) is 11.8 Å². The van der Waals surface area contributed by atoms with E-state index in [1.54, 1.807) is 0 Å². The lowest BCUT2D eigenvalue weighted by Crippen LogP contribution is -2.31. The summed E-state index contributed by atoms with van der Waals surface area (Å²) in [6.45, 7) is 1.40. The zero-order valence-corrected chi connectivity index (χ0v) is 12.1. The van der Waals surface area contributed by atoms with Gasteiger partial charge in [0.05, 0.1) is 18.4 Å². The fourth-order valence-corrected chi connectivity index (χ4v) is 4.10. The van der Waals surface area contributed by atoms with Gasteiger partial charge in [-0.25, -0.2) is 0 Å². The molecule has 3 aliphatic rings. The van der Waals surface area contributed by atoms with Crippen molar-refractivity contribution in [1.29, 1.82) is 0 Å². The van der Waals surface area contributed by atoms with E-state index >= 15 is 0 Å². The maximum absolute atomic E-state index is 12.5. The van der Waals surface area contributed by atoms with Gasteiger partial charge >= 0.3 is 0 Å². The van der Waals surface area contributed by atoms with Crippen LogP contribution in [0.3, 0.4) is 0 Å². The number of anilines is 1. The number of imide groups is 1. The van der Waals surface area contributed by atoms with Crippen molar-refractivity contribution in [3.05, 3.63) is 29.3 Å². The first-order valence-electron chi connectivity index (χ1n) is 7.95. The van der Waals surface area contributed by atoms with Crippen molar-refractivity contribution in [2.75, 3.05) is 11.9 Å². The van der Waals surface area contributed by atoms with Crippen LogP contribution in [0, 0.1) is 11.8 Å². The Balaban J connectivity index is 1.62. The molecule has 21 heavy (non-hydrogen) atoms. The van der Waals surface area contributed by atoms with Crippen molar-refractivity contribution in [3.8, 4) is 0 Å². The molecule has 110 valence electrons. The summed E-state index contributed by atoms with van der Waals surface area (Å²) in [6, 6.07) is 6.20. The largest absolute Gasteiger partial charge is 0.385 e. The number of hydrogen-bond acceptors (Lipinski definition) is 3. The van der Waals surface area contributed by atoms with Crippen molar-refractivity contribution in [3.63, 3.8) is 0 Å². The number of para-hydroxylation sites is 1. The van der Waals surface area contributed by atoms with Crippen LogP contribution in [-0.2, 0) is 22.6 Å². The number of nitrogens with zero attached hydrogens (tertiary/aromatic N) is 1. The first kappa shape index (κ1) is 12.9. The zero-order chi connectivity index (χ0) is 14.4. The Labute approximate surface area is 124 Å². The lowest BCUT2D eigenvalue weighted by molar-refractivity contribution is -0.141. The fourth-order valence-electron chi connectivity index (χ4n) is 4.10. The van der Waals surface area contributed by atoms with E-state index in [-0.39, 0.29) is 23.7 Å². The molecule has 2 unspecified atom stereocenters. The van der Waals surface area contributed by atoms with Crippen molar-refractivity contribution in [2.45, 2.75) is 38.6 Å². The summed E-state index contributed by atoms with van der Waals surface area (Å²) in [5.41, 5.74) is 3.52. The van der Waals surface area contributed by atoms with E-state index in [0.717, 1.165) is 49.9 Å². The Bertz CT molecular complexity index is 589. The molecule has 1 N–H and O–H groups in total. The Morgan fingerprint density at radius 2 is 1.86 bits per heavy atom. The van der Waals surface area contributed by atoms with Gasteiger partial charge in [0.15, 0.2) is 0 Å². The molecule has 2 fully saturated rings. The Morgan fingerprint density at radius 1 is 1.10 bits per heavy atom. The minimum absolute atomic E-state index is 0.0370. The first-order chi connectivity index (χ1) is 10.3. The van der Waals surface area contributed by atoms with Gasteiger partial charge in [0.1, 0.15) is 0 Å². The van der Waals surface area contributed by atoms with Gasteiger partial charge < -0.3 is 5.32 Å². The maximum atomic E-state index is 12.5. The normalized spacial score (nSPS) is 27.5. The molecule has 1 aliphatic carbocycles. The molecule has 1 aromatic rings. The summed E-state index contributed by atoms with van der Waals surface area (Å²) >= 11 is 0. The summed E-state index contributed by atoms with van der Waals surface area (Å²) in [4.78, 5) is 26.4. The van der Waals surface area contributed by atoms with Crippen LogP contribution in [0.25, 0.3) is 0 Å². The Morgan fingerprint density at radius 3 is 2.62 bits per heavy atom. The van der Waals surface area contributed by atoms with Crippen LogP contribution in [0.1, 0.15) is 36.8 Å². The number of hydrogen-bond donors (Lipinski definition) is 1. The van der Waals surface area contributed by atoms with E-state index in [1.165, 1.54) is 10.5 Å². The van der Waals surface area contributed by atoms with E-state index in [4.69, 9.17) is 0 Å². The summed E-state index contributed by atoms with van der Waals surface area (Å²) < 4.78 is 0. The number of carbonyl (C=O) groups excluding carboxylic acids is 2. The Hall–Kier alpha value is -1.84. The van der Waals surface area contributed by atoms with Crippen LogP contribution >= 0.6 is 0 Å². The monoisotopic (exact) mass is 284 g/mol. The van der Waals surface area contributed by atoms with Gasteiger partial charge in [-0.1, -0.05) is 24.6 Å². The molecule has 2 heterocycles. The third-order valence-corrected chi connectivity index (χ3v) is 5.17. The molecular formula is C17H20N2O2. The SMILES string of the molecule is O=C1C2CCCC2C(=O)N1Cc1cccc2c1NCCC2. The second-order valence-electron chi connectivity index (χ2n) is 6.39. The molecule has 1 saturated heterocycles. The van der Waals surface area contributed by atoms with Crippen molar-refractivity contribution < 1.29 is 9.59 Å². The number of aryl methyl sites for hydroxylation is 1. The third-order valence-electron chi connectivity index (χ3n) is 5.17. The molecule has 1 aromatic carbocycles. The lowest BCUT2D eigenvalue weighted by atomic mass is 9.99. The molecule has 0 bridgehead atoms. The number of rotatable bonds is 2. The van der Waals surface area contributed by atoms with Crippen molar-refractivity contribution in [2.24, 2.45) is 11.8 Å². The van der Waals surface area contributed by atoms with Crippen LogP contribution in [-0.4, -0.2) is 23.3 Å². The van der Waals surface area contributed by atoms with Gasteiger partial charge in [0.25, 0.3) is 0 Å². The number of amides is 2. The average Bonchev–Trinajstić information content (AvgIpc) is 3.07. The summed E-state index contributed by atoms with van der Waals surface area (Å²) in [6.07, 6.45) is 5.00. The summed E-state index contributed by atoms with van der Waals surface area (Å²) in [5.74, 6) is 0.0295. The van der Waals surface area contributed by atoms with E-state index < -0.39 is 0 Å². The maximum Gasteiger partial charge on any atom is 0.233 e. The molecule has 0 aromatic heterocycles. The standard InChI is InChI=1S/C17H20N2O2/c20-16-13-7-2-8-14(13)17(21)19(16)10-12-5-1-4-11-6-3-9-18-15(11)12/h1,4-5,13-14,18H,2-3,6-10H2. The molecule has 0 spiro atoms. The first-order valence-corrected chi connectivity index (χ1v) is 7.95. The van der Waals surface area contributed by atoms with Gasteiger partial charge in [-0.15, -0.1) is 0 Å². The van der Waals surface area contributed by atoms with E-state index in [1.807, 2.05) is 12.1 Å². The highest BCUT2D eigenvalue weighted by Gasteiger charge is 2.49. The topological polar surface area (TPSA) is 49.4 Å². The number of likely N-dealkylation sites (tertiary alicyclic amines) is 1. The molecule has 4 heteroatoms. The fraction of sp³-hybridized carbons (Fsp3) is 0.529. The molecule has 0 radical (unpaired) electrons. The van der Waals surface area contributed by atoms with Gasteiger partial charge in [-0.05, 0) is 36.8 Å². The summed E-state index contributed by atoms with van der Waals surface area (Å²) in [5, 5.41) is 3.44. The van der Waals surface area contributed by atoms with E-state index in [0.29, 0.717) is 6.54 Å². The predicted octanol–water partition coefficient (Wildman–Crippen LogP) is 2.33. The van der Waals surface area contributed by atoms with Crippen molar-refractivity contribution >= 4 is 17.5 Å². The lowest BCUT2D eigenvalue weighted by Gasteiger charge is -2.24. The average molecular weight is 284 g/mol. The van der Waals surface area contributed by atoms with Gasteiger partial charge in [-0.3, -0.25) is 14.5 Å². The molecule has 4 rings (SSSR count). The quantitative estimate of drug-likeness (QED) is 0.848. The smallest absolute Gasteiger partial charge is 0.233 e. The van der Waals surface area contributed by atoms with Gasteiger partial charge in [-0.2, -0.15) is 0 Å². The van der Waals surface area contributed by atoms with Crippen LogP contribution in [0.4, 0.5) is 5.69 Å². The highest BCUT2D eigenvalue weighted by Crippen LogP contribution is 2.40. The molecule has 1 saturated carbocycles. The van der Waals surface area contributed by atoms with Crippen LogP contribution in [0.2, 0.25) is 0 Å². The van der Waals surface area contributed by atoms with Crippen molar-refractivity contribution in [1.82, 2.24) is 4.90 Å². The highest BCUT2D eigenvalue weighted by molar-refractivity contribution is 6.05. The molecule has 2 atom stereocenters. The number of benzene rings is 1. The second-order valence-corrected chi connectivity index (χ2v) is 6.39. The minimum atomic E-state index is -0.0370. The zero-order valence-electron chi connectivity index (χ0n) is 12.1. The number of fused-ring (bicyclic) bond motifs is 2. The van der Waals surface area contributed by atoms with E-state index in [2.05, 4.69) is 11.4 Å². The predicted molar refractivity (Wildman–Crippen MR) is 79.6 cm³/mol. The molecule has 4 nitrogen and oxygen atoms in total. The highest BCUT2D eigenvalue weighted by atomic mass is 16.2. The number of carbonyl (C=O) groups is 2. The van der Waals surface area contributed by atoms with Gasteiger partial charge in [0, 0.05) is 12.2 Å². The van der Waals surface area contributed by atoms with Crippen LogP contribution in [0.15, 0.2) is 18.2 Å². The Kier molecular flexibility index (Phi) is 2.98. The van der Waals surface area contributed by atoms with Crippen LogP contribution in [0.5, 0.6) is 0 Å². The third kappa shape index (κ3) is 1.96. The number of nitrogens with one attached hydrogen (secondary N) is 1. The van der Waals surface area contributed by atoms with E-state index in [9.17, 15) is 9.59 Å².